The first-order valence-electron chi connectivity index (χ1n) is 7.76. The van der Waals surface area contributed by atoms with Gasteiger partial charge in [-0.05, 0) is 36.1 Å². The van der Waals surface area contributed by atoms with E-state index in [0.717, 1.165) is 16.0 Å². The number of anilines is 1. The molecule has 1 aliphatic rings. The normalized spacial score (nSPS) is 17.3. The summed E-state index contributed by atoms with van der Waals surface area (Å²) in [5, 5.41) is 5.91. The van der Waals surface area contributed by atoms with E-state index in [9.17, 15) is 18.0 Å². The van der Waals surface area contributed by atoms with Gasteiger partial charge >= 0.3 is 6.18 Å². The lowest BCUT2D eigenvalue weighted by molar-refractivity contribution is -0.142. The number of hydrogen-bond donors (Lipinski definition) is 2. The number of thiophene rings is 1. The maximum atomic E-state index is 13.1. The summed E-state index contributed by atoms with van der Waals surface area (Å²) in [7, 11) is 0. The van der Waals surface area contributed by atoms with Crippen LogP contribution >= 0.6 is 22.9 Å². The molecule has 0 bridgehead atoms. The zero-order valence-electron chi connectivity index (χ0n) is 13.4. The van der Waals surface area contributed by atoms with Gasteiger partial charge in [-0.3, -0.25) is 9.80 Å². The highest BCUT2D eigenvalue weighted by Gasteiger charge is 2.45. The zero-order chi connectivity index (χ0) is 18.7. The second-order valence-corrected chi connectivity index (χ2v) is 7.01. The van der Waals surface area contributed by atoms with E-state index >= 15 is 0 Å². The molecule has 3 rings (SSSR count). The van der Waals surface area contributed by atoms with Gasteiger partial charge in [0.15, 0.2) is 0 Å². The topological polar surface area (TPSA) is 44.4 Å². The van der Waals surface area contributed by atoms with E-state index < -0.39 is 18.1 Å². The molecule has 0 aliphatic carbocycles. The van der Waals surface area contributed by atoms with Crippen molar-refractivity contribution in [1.29, 1.82) is 0 Å². The quantitative estimate of drug-likeness (QED) is 0.798. The van der Waals surface area contributed by atoms with E-state index in [4.69, 9.17) is 11.6 Å². The first-order chi connectivity index (χ1) is 12.4. The maximum absolute atomic E-state index is 13.1. The molecule has 0 saturated heterocycles. The summed E-state index contributed by atoms with van der Waals surface area (Å²) in [6.07, 6.45) is -3.05. The highest BCUT2D eigenvalue weighted by molar-refractivity contribution is 7.09. The van der Waals surface area contributed by atoms with Crippen LogP contribution < -0.4 is 15.8 Å². The van der Waals surface area contributed by atoms with Gasteiger partial charge in [-0.15, -0.1) is 11.3 Å². The zero-order valence-corrected chi connectivity index (χ0v) is 15.0. The molecule has 0 saturated carbocycles. The van der Waals surface area contributed by atoms with E-state index in [1.54, 1.807) is 35.6 Å². The Balaban J connectivity index is 1.77. The van der Waals surface area contributed by atoms with Crippen molar-refractivity contribution in [2.45, 2.75) is 18.6 Å². The largest absolute Gasteiger partial charge is 0.409 e. The Bertz CT molecular complexity index is 808. The molecule has 4 nitrogen and oxygen atoms in total. The van der Waals surface area contributed by atoms with Gasteiger partial charge in [-0.25, -0.2) is 5.43 Å². The minimum absolute atomic E-state index is 0.133. The molecule has 2 heterocycles. The van der Waals surface area contributed by atoms with Gasteiger partial charge in [0, 0.05) is 11.4 Å². The Kier molecular flexibility index (Phi) is 5.55. The molecule has 0 fully saturated rings. The summed E-state index contributed by atoms with van der Waals surface area (Å²) >= 11 is 7.64. The molecule has 1 amide bonds. The summed E-state index contributed by atoms with van der Waals surface area (Å²) < 4.78 is 39.4. The van der Waals surface area contributed by atoms with Gasteiger partial charge in [0.1, 0.15) is 11.7 Å². The molecule has 1 aliphatic heterocycles. The molecular formula is C17H15ClF3N3OS. The van der Waals surface area contributed by atoms with E-state index in [1.807, 2.05) is 17.5 Å². The van der Waals surface area contributed by atoms with Crippen LogP contribution in [-0.4, -0.2) is 24.7 Å². The van der Waals surface area contributed by atoms with Gasteiger partial charge in [0.2, 0.25) is 0 Å². The lowest BCUT2D eigenvalue weighted by Gasteiger charge is -2.25. The molecule has 0 spiro atoms. The number of amides is 1. The third-order valence-corrected chi connectivity index (χ3v) is 5.01. The fraction of sp³-hybridized carbons (Fsp3) is 0.235. The van der Waals surface area contributed by atoms with E-state index in [0.29, 0.717) is 13.0 Å². The summed E-state index contributed by atoms with van der Waals surface area (Å²) in [6, 6.07) is 8.26. The second-order valence-electron chi connectivity index (χ2n) is 5.57. The number of benzene rings is 1. The molecule has 2 N–H and O–H groups in total. The van der Waals surface area contributed by atoms with Gasteiger partial charge < -0.3 is 5.32 Å². The maximum Gasteiger partial charge on any atom is 0.409 e. The van der Waals surface area contributed by atoms with E-state index in [-0.39, 0.29) is 16.4 Å². The third kappa shape index (κ3) is 4.20. The van der Waals surface area contributed by atoms with E-state index in [2.05, 4.69) is 10.7 Å². The average molecular weight is 402 g/mol. The predicted octanol–water partition coefficient (Wildman–Crippen LogP) is 3.90. The lowest BCUT2D eigenvalue weighted by Crippen LogP contribution is -2.46. The Hall–Kier alpha value is -2.03. The highest BCUT2D eigenvalue weighted by atomic mass is 35.5. The van der Waals surface area contributed by atoms with Crippen LogP contribution in [0.2, 0.25) is 5.02 Å². The van der Waals surface area contributed by atoms with Crippen LogP contribution in [0.15, 0.2) is 53.6 Å². The Morgan fingerprint density at radius 3 is 2.69 bits per heavy atom. The monoisotopic (exact) mass is 401 g/mol. The number of carbonyl (C=O) groups is 1. The molecule has 2 aromatic rings. The first-order valence-corrected chi connectivity index (χ1v) is 9.02. The van der Waals surface area contributed by atoms with Crippen LogP contribution in [0.4, 0.5) is 18.9 Å². The van der Waals surface area contributed by atoms with Gasteiger partial charge in [-0.1, -0.05) is 29.8 Å². The van der Waals surface area contributed by atoms with Crippen molar-refractivity contribution in [2.75, 3.05) is 11.6 Å². The van der Waals surface area contributed by atoms with Crippen molar-refractivity contribution in [2.24, 2.45) is 0 Å². The van der Waals surface area contributed by atoms with Crippen molar-refractivity contribution < 1.29 is 18.0 Å². The minimum Gasteiger partial charge on any atom is -0.350 e. The molecular weight excluding hydrogens is 387 g/mol. The standard InChI is InChI=1S/C17H15ClF3N3OS/c18-12-5-1-2-6-13(12)24-14(10-15(23-24)17(19,20)21)16(25)22-8-7-11-4-3-9-26-11/h1-6,9-10,15,23H,7-8H2,(H,22,25). The molecule has 1 atom stereocenters. The van der Waals surface area contributed by atoms with Crippen molar-refractivity contribution in [1.82, 2.24) is 10.7 Å². The Morgan fingerprint density at radius 2 is 2.04 bits per heavy atom. The van der Waals surface area contributed by atoms with Crippen molar-refractivity contribution >= 4 is 34.5 Å². The molecule has 26 heavy (non-hydrogen) atoms. The summed E-state index contributed by atoms with van der Waals surface area (Å²) in [6.45, 7) is 0.323. The molecule has 1 unspecified atom stereocenters. The van der Waals surface area contributed by atoms with Gasteiger partial charge in [0.25, 0.3) is 5.91 Å². The average Bonchev–Trinajstić information content (AvgIpc) is 3.24. The number of halogens is 4. The second kappa shape index (κ2) is 7.69. The van der Waals surface area contributed by atoms with Gasteiger partial charge in [-0.2, -0.15) is 13.2 Å². The number of nitrogens with one attached hydrogen (secondary N) is 2. The fourth-order valence-corrected chi connectivity index (χ4v) is 3.43. The molecule has 0 radical (unpaired) electrons. The third-order valence-electron chi connectivity index (χ3n) is 3.75. The fourth-order valence-electron chi connectivity index (χ4n) is 2.50. The van der Waals surface area contributed by atoms with Crippen LogP contribution in [0.5, 0.6) is 0 Å². The lowest BCUT2D eigenvalue weighted by atomic mass is 10.2. The molecule has 138 valence electrons. The predicted molar refractivity (Wildman–Crippen MR) is 96.0 cm³/mol. The molecule has 9 heteroatoms. The van der Waals surface area contributed by atoms with E-state index in [1.165, 1.54) is 0 Å². The summed E-state index contributed by atoms with van der Waals surface area (Å²) in [5.74, 6) is -0.597. The summed E-state index contributed by atoms with van der Waals surface area (Å²) in [5.41, 5.74) is 2.44. The van der Waals surface area contributed by atoms with Crippen LogP contribution in [0.1, 0.15) is 4.88 Å². The Morgan fingerprint density at radius 1 is 1.27 bits per heavy atom. The number of carbonyl (C=O) groups excluding carboxylic acids is 1. The highest BCUT2D eigenvalue weighted by Crippen LogP contribution is 2.33. The number of hydrogen-bond acceptors (Lipinski definition) is 4. The number of nitrogens with zero attached hydrogens (tertiary/aromatic N) is 1. The number of hydrazine groups is 1. The Labute approximate surface area is 157 Å². The summed E-state index contributed by atoms with van der Waals surface area (Å²) in [4.78, 5) is 13.6. The molecule has 1 aromatic carbocycles. The van der Waals surface area contributed by atoms with Crippen LogP contribution in [-0.2, 0) is 11.2 Å². The smallest absolute Gasteiger partial charge is 0.350 e. The molecule has 1 aromatic heterocycles. The van der Waals surface area contributed by atoms with Gasteiger partial charge in [0.05, 0.1) is 10.7 Å². The SMILES string of the molecule is O=C(NCCc1cccs1)C1=CC(C(F)(F)F)NN1c1ccccc1Cl. The van der Waals surface area contributed by atoms with Crippen LogP contribution in [0.25, 0.3) is 0 Å². The van der Waals surface area contributed by atoms with Crippen molar-refractivity contribution in [3.63, 3.8) is 0 Å². The number of rotatable bonds is 5. The van der Waals surface area contributed by atoms with Crippen molar-refractivity contribution in [3.05, 3.63) is 63.5 Å². The minimum atomic E-state index is -4.53. The van der Waals surface area contributed by atoms with Crippen LogP contribution in [0, 0.1) is 0 Å². The number of alkyl halides is 3. The van der Waals surface area contributed by atoms with Crippen LogP contribution in [0.3, 0.4) is 0 Å². The number of para-hydroxylation sites is 1. The first kappa shape index (κ1) is 18.8. The van der Waals surface area contributed by atoms with Crippen molar-refractivity contribution in [3.8, 4) is 0 Å².